The zero-order valence-electron chi connectivity index (χ0n) is 15.4. The van der Waals surface area contributed by atoms with Gasteiger partial charge in [0.2, 0.25) is 15.9 Å². The van der Waals surface area contributed by atoms with Gasteiger partial charge in [-0.1, -0.05) is 0 Å². The molecule has 2 heterocycles. The lowest BCUT2D eigenvalue weighted by atomic mass is 10.1. The van der Waals surface area contributed by atoms with Crippen LogP contribution in [0.1, 0.15) is 22.8 Å². The average molecular weight is 418 g/mol. The monoisotopic (exact) mass is 417 g/mol. The second kappa shape index (κ2) is 6.91. The van der Waals surface area contributed by atoms with Gasteiger partial charge in [-0.2, -0.15) is 0 Å². The van der Waals surface area contributed by atoms with Crippen LogP contribution in [0.15, 0.2) is 46.2 Å². The van der Waals surface area contributed by atoms with Gasteiger partial charge in [0.05, 0.1) is 15.8 Å². The predicted octanol–water partition coefficient (Wildman–Crippen LogP) is 2.23. The molecule has 28 heavy (non-hydrogen) atoms. The number of sulfonamides is 1. The molecule has 2 amide bonds. The summed E-state index contributed by atoms with van der Waals surface area (Å²) in [6, 6.07) is 10.1. The number of anilines is 2. The van der Waals surface area contributed by atoms with E-state index in [0.717, 1.165) is 10.5 Å². The van der Waals surface area contributed by atoms with Gasteiger partial charge in [0.1, 0.15) is 0 Å². The third-order valence-electron chi connectivity index (χ3n) is 4.93. The van der Waals surface area contributed by atoms with E-state index in [1.54, 1.807) is 29.2 Å². The van der Waals surface area contributed by atoms with Crippen LogP contribution in [0.5, 0.6) is 0 Å². The summed E-state index contributed by atoms with van der Waals surface area (Å²) in [6.07, 6.45) is 0.586. The second-order valence-corrected chi connectivity index (χ2v) is 9.93. The van der Waals surface area contributed by atoms with Gasteiger partial charge in [-0.15, -0.1) is 11.8 Å². The maximum Gasteiger partial charge on any atom is 0.258 e. The van der Waals surface area contributed by atoms with E-state index < -0.39 is 10.0 Å². The zero-order chi connectivity index (χ0) is 20.1. The number of hydrogen-bond donors (Lipinski definition) is 2. The fourth-order valence-electron chi connectivity index (χ4n) is 3.37. The minimum atomic E-state index is -3.53. The van der Waals surface area contributed by atoms with Crippen LogP contribution in [0.3, 0.4) is 0 Å². The van der Waals surface area contributed by atoms with Crippen LogP contribution in [0.2, 0.25) is 0 Å². The smallest absolute Gasteiger partial charge is 0.258 e. The molecule has 0 spiro atoms. The molecule has 0 radical (unpaired) electrons. The number of rotatable bonds is 3. The van der Waals surface area contributed by atoms with E-state index in [9.17, 15) is 18.0 Å². The minimum absolute atomic E-state index is 0.0770. The van der Waals surface area contributed by atoms with Crippen molar-refractivity contribution in [3.63, 3.8) is 0 Å². The van der Waals surface area contributed by atoms with Crippen LogP contribution >= 0.6 is 11.8 Å². The maximum atomic E-state index is 13.1. The number of nitrogens with zero attached hydrogens (tertiary/aromatic N) is 1. The Labute approximate surface area is 167 Å². The highest BCUT2D eigenvalue weighted by atomic mass is 32.2. The molecule has 1 unspecified atom stereocenters. The van der Waals surface area contributed by atoms with Crippen molar-refractivity contribution in [2.45, 2.75) is 28.4 Å². The molecular formula is C19H19N3O4S2. The van der Waals surface area contributed by atoms with Gasteiger partial charge in [-0.05, 0) is 62.4 Å². The summed E-state index contributed by atoms with van der Waals surface area (Å²) < 4.78 is 26.3. The molecule has 9 heteroatoms. The summed E-state index contributed by atoms with van der Waals surface area (Å²) in [5, 5.41) is 2.68. The number of thioether (sulfide) groups is 1. The Morgan fingerprint density at radius 1 is 1.25 bits per heavy atom. The molecule has 4 rings (SSSR count). The van der Waals surface area contributed by atoms with E-state index in [1.165, 1.54) is 24.9 Å². The summed E-state index contributed by atoms with van der Waals surface area (Å²) in [5.41, 5.74) is 2.66. The lowest BCUT2D eigenvalue weighted by Gasteiger charge is -2.23. The number of amides is 2. The van der Waals surface area contributed by atoms with Crippen LogP contribution in [0, 0.1) is 0 Å². The molecule has 0 saturated carbocycles. The molecule has 2 aromatic rings. The number of carbonyl (C=O) groups excluding carboxylic acids is 2. The fraction of sp³-hybridized carbons (Fsp3) is 0.263. The topological polar surface area (TPSA) is 95.6 Å². The average Bonchev–Trinajstić information content (AvgIpc) is 3.11. The van der Waals surface area contributed by atoms with Crippen LogP contribution < -0.4 is 14.9 Å². The Balaban J connectivity index is 1.63. The molecule has 2 aliphatic rings. The van der Waals surface area contributed by atoms with Crippen LogP contribution in [0.25, 0.3) is 0 Å². The molecule has 0 saturated heterocycles. The van der Waals surface area contributed by atoms with Crippen LogP contribution in [-0.4, -0.2) is 39.1 Å². The summed E-state index contributed by atoms with van der Waals surface area (Å²) >= 11 is 1.47. The highest BCUT2D eigenvalue weighted by molar-refractivity contribution is 8.01. The molecule has 0 aromatic heterocycles. The Hall–Kier alpha value is -2.36. The standard InChI is InChI=1S/C19H19N3O4S2/c1-11-18(23)21-15-10-13(3-6-17(15)27-11)19(24)22-8-7-12-9-14(4-5-16(12)22)28(25,26)20-2/h3-6,9-11,20H,7-8H2,1-2H3,(H,21,23). The van der Waals surface area contributed by atoms with Crippen LogP contribution in [0.4, 0.5) is 11.4 Å². The van der Waals surface area contributed by atoms with Crippen molar-refractivity contribution < 1.29 is 18.0 Å². The van der Waals surface area contributed by atoms with E-state index in [4.69, 9.17) is 0 Å². The first kappa shape index (κ1) is 19.0. The molecule has 2 aliphatic heterocycles. The molecule has 7 nitrogen and oxygen atoms in total. The van der Waals surface area contributed by atoms with Gasteiger partial charge in [-0.25, -0.2) is 13.1 Å². The summed E-state index contributed by atoms with van der Waals surface area (Å²) in [7, 11) is -2.16. The molecule has 2 N–H and O–H groups in total. The molecule has 2 aromatic carbocycles. The number of nitrogens with one attached hydrogen (secondary N) is 2. The summed E-state index contributed by atoms with van der Waals surface area (Å²) in [5.74, 6) is -0.254. The normalized spacial score (nSPS) is 18.4. The van der Waals surface area contributed by atoms with Gasteiger partial charge < -0.3 is 10.2 Å². The third kappa shape index (κ3) is 3.19. The Bertz CT molecular complexity index is 1100. The van der Waals surface area contributed by atoms with Gasteiger partial charge in [0, 0.05) is 22.7 Å². The Morgan fingerprint density at radius 2 is 2.04 bits per heavy atom. The summed E-state index contributed by atoms with van der Waals surface area (Å²) in [6.45, 7) is 2.32. The molecular weight excluding hydrogens is 398 g/mol. The molecule has 1 atom stereocenters. The van der Waals surface area contributed by atoms with Gasteiger partial charge in [-0.3, -0.25) is 9.59 Å². The number of hydrogen-bond acceptors (Lipinski definition) is 5. The van der Waals surface area contributed by atoms with Crippen molar-refractivity contribution in [2.24, 2.45) is 0 Å². The van der Waals surface area contributed by atoms with Crippen molar-refractivity contribution >= 4 is 45.0 Å². The first-order chi connectivity index (χ1) is 13.3. The van der Waals surface area contributed by atoms with E-state index in [1.807, 2.05) is 13.0 Å². The van der Waals surface area contributed by atoms with Crippen molar-refractivity contribution in [1.82, 2.24) is 4.72 Å². The fourth-order valence-corrected chi connectivity index (χ4v) is 5.08. The predicted molar refractivity (Wildman–Crippen MR) is 108 cm³/mol. The summed E-state index contributed by atoms with van der Waals surface area (Å²) in [4.78, 5) is 27.7. The third-order valence-corrected chi connectivity index (χ3v) is 7.52. The highest BCUT2D eigenvalue weighted by Crippen LogP contribution is 2.37. The molecule has 0 bridgehead atoms. The first-order valence-electron chi connectivity index (χ1n) is 8.80. The van der Waals surface area contributed by atoms with Gasteiger partial charge in [0.25, 0.3) is 5.91 Å². The molecule has 0 aliphatic carbocycles. The largest absolute Gasteiger partial charge is 0.324 e. The van der Waals surface area contributed by atoms with Crippen molar-refractivity contribution in [3.8, 4) is 0 Å². The van der Waals surface area contributed by atoms with E-state index in [2.05, 4.69) is 10.0 Å². The Morgan fingerprint density at radius 3 is 2.79 bits per heavy atom. The van der Waals surface area contributed by atoms with E-state index >= 15 is 0 Å². The van der Waals surface area contributed by atoms with Crippen molar-refractivity contribution in [2.75, 3.05) is 23.8 Å². The second-order valence-electron chi connectivity index (χ2n) is 6.67. The zero-order valence-corrected chi connectivity index (χ0v) is 17.0. The number of benzene rings is 2. The number of fused-ring (bicyclic) bond motifs is 2. The van der Waals surface area contributed by atoms with E-state index in [0.29, 0.717) is 29.9 Å². The van der Waals surface area contributed by atoms with Gasteiger partial charge >= 0.3 is 0 Å². The maximum absolute atomic E-state index is 13.1. The first-order valence-corrected chi connectivity index (χ1v) is 11.2. The van der Waals surface area contributed by atoms with E-state index in [-0.39, 0.29) is 22.0 Å². The highest BCUT2D eigenvalue weighted by Gasteiger charge is 2.29. The molecule has 146 valence electrons. The SMILES string of the molecule is CNS(=O)(=O)c1ccc2c(c1)CCN2C(=O)c1ccc2c(c1)NC(=O)C(C)S2. The van der Waals surface area contributed by atoms with Crippen molar-refractivity contribution in [1.29, 1.82) is 0 Å². The van der Waals surface area contributed by atoms with Crippen LogP contribution in [-0.2, 0) is 21.2 Å². The number of carbonyl (C=O) groups is 2. The van der Waals surface area contributed by atoms with Gasteiger partial charge in [0.15, 0.2) is 0 Å². The Kier molecular flexibility index (Phi) is 4.68. The quantitative estimate of drug-likeness (QED) is 0.799. The lowest BCUT2D eigenvalue weighted by Crippen LogP contribution is -2.30. The minimum Gasteiger partial charge on any atom is -0.324 e. The van der Waals surface area contributed by atoms with Crippen molar-refractivity contribution in [3.05, 3.63) is 47.5 Å². The molecule has 0 fully saturated rings. The lowest BCUT2D eigenvalue weighted by molar-refractivity contribution is -0.115.